The fourth-order valence-corrected chi connectivity index (χ4v) is 2.31. The summed E-state index contributed by atoms with van der Waals surface area (Å²) >= 11 is 1.72. The van der Waals surface area contributed by atoms with E-state index in [1.165, 1.54) is 5.01 Å². The van der Waals surface area contributed by atoms with Crippen LogP contribution in [-0.2, 0) is 0 Å². The molecule has 0 aliphatic heterocycles. The lowest BCUT2D eigenvalue weighted by molar-refractivity contribution is 0.420. The predicted octanol–water partition coefficient (Wildman–Crippen LogP) is 2.17. The molecule has 0 aliphatic carbocycles. The smallest absolute Gasteiger partial charge is 0.109 e. The molecule has 0 aliphatic rings. The average Bonchev–Trinajstić information content (AvgIpc) is 2.78. The third-order valence-electron chi connectivity index (χ3n) is 2.72. The van der Waals surface area contributed by atoms with E-state index in [2.05, 4.69) is 24.1 Å². The number of rotatable bonds is 7. The number of hydrogen-bond acceptors (Lipinski definition) is 4. The second-order valence-electron chi connectivity index (χ2n) is 3.75. The SMILES string of the molecule is CCC(CN)CNC(CC)c1nccs1. The number of thiazole rings is 1. The number of nitrogens with one attached hydrogen (secondary N) is 1. The Morgan fingerprint density at radius 3 is 2.73 bits per heavy atom. The van der Waals surface area contributed by atoms with Gasteiger partial charge in [0.2, 0.25) is 0 Å². The number of nitrogens with two attached hydrogens (primary N) is 1. The molecule has 2 atom stereocenters. The number of hydrogen-bond donors (Lipinski definition) is 2. The molecule has 0 saturated carbocycles. The molecule has 3 N–H and O–H groups in total. The fraction of sp³-hybridized carbons (Fsp3) is 0.727. The first-order valence-corrected chi connectivity index (χ1v) is 6.52. The van der Waals surface area contributed by atoms with Crippen molar-refractivity contribution in [2.24, 2.45) is 11.7 Å². The van der Waals surface area contributed by atoms with Crippen LogP contribution in [0.15, 0.2) is 11.6 Å². The van der Waals surface area contributed by atoms with Crippen LogP contribution < -0.4 is 11.1 Å². The van der Waals surface area contributed by atoms with Gasteiger partial charge in [-0.25, -0.2) is 4.98 Å². The lowest BCUT2D eigenvalue weighted by Gasteiger charge is -2.18. The van der Waals surface area contributed by atoms with E-state index < -0.39 is 0 Å². The van der Waals surface area contributed by atoms with Crippen molar-refractivity contribution in [2.75, 3.05) is 13.1 Å². The summed E-state index contributed by atoms with van der Waals surface area (Å²) in [6, 6.07) is 0.394. The van der Waals surface area contributed by atoms with Crippen molar-refractivity contribution in [2.45, 2.75) is 32.7 Å². The molecule has 4 heteroatoms. The van der Waals surface area contributed by atoms with E-state index in [0.717, 1.165) is 25.9 Å². The van der Waals surface area contributed by atoms with Crippen LogP contribution in [0.5, 0.6) is 0 Å². The van der Waals surface area contributed by atoms with E-state index in [4.69, 9.17) is 5.73 Å². The van der Waals surface area contributed by atoms with Crippen LogP contribution in [0.3, 0.4) is 0 Å². The van der Waals surface area contributed by atoms with Gasteiger partial charge in [-0.2, -0.15) is 0 Å². The van der Waals surface area contributed by atoms with E-state index in [9.17, 15) is 0 Å². The van der Waals surface area contributed by atoms with E-state index in [1.807, 2.05) is 11.6 Å². The number of nitrogens with zero attached hydrogens (tertiary/aromatic N) is 1. The zero-order valence-corrected chi connectivity index (χ0v) is 10.4. The molecular formula is C11H21N3S. The maximum atomic E-state index is 5.68. The Morgan fingerprint density at radius 2 is 2.27 bits per heavy atom. The first-order valence-electron chi connectivity index (χ1n) is 5.64. The average molecular weight is 227 g/mol. The summed E-state index contributed by atoms with van der Waals surface area (Å²) < 4.78 is 0. The van der Waals surface area contributed by atoms with Crippen LogP contribution in [0, 0.1) is 5.92 Å². The van der Waals surface area contributed by atoms with Crippen LogP contribution in [-0.4, -0.2) is 18.1 Å². The second kappa shape index (κ2) is 6.93. The molecule has 3 nitrogen and oxygen atoms in total. The summed E-state index contributed by atoms with van der Waals surface area (Å²) in [6.07, 6.45) is 4.08. The first-order chi connectivity index (χ1) is 7.31. The highest BCUT2D eigenvalue weighted by molar-refractivity contribution is 7.09. The van der Waals surface area contributed by atoms with Crippen LogP contribution in [0.4, 0.5) is 0 Å². The zero-order chi connectivity index (χ0) is 11.1. The lowest BCUT2D eigenvalue weighted by atomic mass is 10.1. The molecule has 1 heterocycles. The Bertz CT molecular complexity index is 244. The summed E-state index contributed by atoms with van der Waals surface area (Å²) in [6.45, 7) is 6.12. The van der Waals surface area contributed by atoms with E-state index in [1.54, 1.807) is 11.3 Å². The molecule has 1 rings (SSSR count). The Morgan fingerprint density at radius 1 is 1.47 bits per heavy atom. The fourth-order valence-electron chi connectivity index (χ4n) is 1.52. The molecule has 0 spiro atoms. The van der Waals surface area contributed by atoms with Crippen molar-refractivity contribution in [1.29, 1.82) is 0 Å². The van der Waals surface area contributed by atoms with Gasteiger partial charge in [-0.15, -0.1) is 11.3 Å². The summed E-state index contributed by atoms with van der Waals surface area (Å²) in [5, 5.41) is 6.75. The maximum Gasteiger partial charge on any atom is 0.109 e. The summed E-state index contributed by atoms with van der Waals surface area (Å²) in [5.41, 5.74) is 5.68. The van der Waals surface area contributed by atoms with Crippen molar-refractivity contribution in [3.8, 4) is 0 Å². The Hall–Kier alpha value is -0.450. The summed E-state index contributed by atoms with van der Waals surface area (Å²) in [5.74, 6) is 0.582. The van der Waals surface area contributed by atoms with Gasteiger partial charge >= 0.3 is 0 Å². The molecule has 2 unspecified atom stereocenters. The predicted molar refractivity (Wildman–Crippen MR) is 66.0 cm³/mol. The molecule has 0 radical (unpaired) electrons. The second-order valence-corrected chi connectivity index (χ2v) is 4.68. The van der Waals surface area contributed by atoms with Gasteiger partial charge in [0.15, 0.2) is 0 Å². The normalized spacial score (nSPS) is 15.1. The summed E-state index contributed by atoms with van der Waals surface area (Å²) in [4.78, 5) is 4.34. The van der Waals surface area contributed by atoms with Crippen molar-refractivity contribution >= 4 is 11.3 Å². The van der Waals surface area contributed by atoms with Gasteiger partial charge in [0.05, 0.1) is 6.04 Å². The minimum Gasteiger partial charge on any atom is -0.330 e. The van der Waals surface area contributed by atoms with Crippen molar-refractivity contribution in [3.05, 3.63) is 16.6 Å². The van der Waals surface area contributed by atoms with Gasteiger partial charge in [-0.3, -0.25) is 0 Å². The topological polar surface area (TPSA) is 50.9 Å². The van der Waals surface area contributed by atoms with Gasteiger partial charge in [0.1, 0.15) is 5.01 Å². The maximum absolute atomic E-state index is 5.68. The van der Waals surface area contributed by atoms with E-state index in [0.29, 0.717) is 12.0 Å². The molecule has 0 saturated heterocycles. The molecule has 0 aromatic carbocycles. The van der Waals surface area contributed by atoms with Gasteiger partial charge in [-0.1, -0.05) is 20.3 Å². The quantitative estimate of drug-likeness (QED) is 0.750. The van der Waals surface area contributed by atoms with Crippen LogP contribution in [0.1, 0.15) is 37.7 Å². The highest BCUT2D eigenvalue weighted by Gasteiger charge is 2.12. The van der Waals surface area contributed by atoms with Gasteiger partial charge in [0, 0.05) is 11.6 Å². The molecule has 86 valence electrons. The number of aromatic nitrogens is 1. The monoisotopic (exact) mass is 227 g/mol. The molecule has 0 amide bonds. The van der Waals surface area contributed by atoms with Gasteiger partial charge in [-0.05, 0) is 25.4 Å². The van der Waals surface area contributed by atoms with Crippen molar-refractivity contribution in [1.82, 2.24) is 10.3 Å². The minimum atomic E-state index is 0.394. The van der Waals surface area contributed by atoms with E-state index >= 15 is 0 Å². The van der Waals surface area contributed by atoms with Crippen LogP contribution in [0.2, 0.25) is 0 Å². The lowest BCUT2D eigenvalue weighted by Crippen LogP contribution is -2.30. The highest BCUT2D eigenvalue weighted by Crippen LogP contribution is 2.18. The Labute approximate surface area is 96.1 Å². The standard InChI is InChI=1S/C11H21N3S/c1-3-9(7-12)8-14-10(4-2)11-13-5-6-15-11/h5-6,9-10,14H,3-4,7-8,12H2,1-2H3. The molecule has 1 aromatic rings. The zero-order valence-electron chi connectivity index (χ0n) is 9.57. The molecule has 1 aromatic heterocycles. The van der Waals surface area contributed by atoms with Crippen molar-refractivity contribution < 1.29 is 0 Å². The molecule has 0 fully saturated rings. The third kappa shape index (κ3) is 3.89. The molecule has 0 bridgehead atoms. The van der Waals surface area contributed by atoms with Crippen LogP contribution in [0.25, 0.3) is 0 Å². The Kier molecular flexibility index (Phi) is 5.83. The van der Waals surface area contributed by atoms with Crippen molar-refractivity contribution in [3.63, 3.8) is 0 Å². The van der Waals surface area contributed by atoms with Crippen LogP contribution >= 0.6 is 11.3 Å². The third-order valence-corrected chi connectivity index (χ3v) is 3.61. The van der Waals surface area contributed by atoms with E-state index in [-0.39, 0.29) is 0 Å². The molecule has 15 heavy (non-hydrogen) atoms. The highest BCUT2D eigenvalue weighted by atomic mass is 32.1. The van der Waals surface area contributed by atoms with Gasteiger partial charge < -0.3 is 11.1 Å². The van der Waals surface area contributed by atoms with Gasteiger partial charge in [0.25, 0.3) is 0 Å². The minimum absolute atomic E-state index is 0.394. The summed E-state index contributed by atoms with van der Waals surface area (Å²) in [7, 11) is 0. The Balaban J connectivity index is 2.41. The first kappa shape index (κ1) is 12.6. The largest absolute Gasteiger partial charge is 0.330 e. The molecular weight excluding hydrogens is 206 g/mol.